The predicted octanol–water partition coefficient (Wildman–Crippen LogP) is 0.377. The molecule has 0 radical (unpaired) electrons. The molecule has 0 aromatic rings. The van der Waals surface area contributed by atoms with Gasteiger partial charge in [-0.1, -0.05) is 13.0 Å². The number of aliphatic imine (C=N–C) groups is 1. The SMILES string of the molecule is CC(CO)CC1(CO)C=CC=N1. The lowest BCUT2D eigenvalue weighted by molar-refractivity contribution is 0.172. The number of allylic oxidation sites excluding steroid dienone is 1. The van der Waals surface area contributed by atoms with Crippen LogP contribution in [0.2, 0.25) is 0 Å². The molecular weight excluding hydrogens is 154 g/mol. The molecule has 0 saturated heterocycles. The van der Waals surface area contributed by atoms with Crippen molar-refractivity contribution < 1.29 is 10.2 Å². The second-order valence-electron chi connectivity index (χ2n) is 3.39. The van der Waals surface area contributed by atoms with Crippen LogP contribution in [-0.2, 0) is 0 Å². The average molecular weight is 169 g/mol. The summed E-state index contributed by atoms with van der Waals surface area (Å²) in [7, 11) is 0. The second-order valence-corrected chi connectivity index (χ2v) is 3.39. The third-order valence-electron chi connectivity index (χ3n) is 2.11. The lowest BCUT2D eigenvalue weighted by Gasteiger charge is -2.24. The summed E-state index contributed by atoms with van der Waals surface area (Å²) in [5.41, 5.74) is -0.456. The Balaban J connectivity index is 2.57. The summed E-state index contributed by atoms with van der Waals surface area (Å²) >= 11 is 0. The topological polar surface area (TPSA) is 52.8 Å². The summed E-state index contributed by atoms with van der Waals surface area (Å²) in [6.45, 7) is 2.11. The molecule has 1 aliphatic rings. The zero-order valence-electron chi connectivity index (χ0n) is 7.27. The molecule has 3 heteroatoms. The van der Waals surface area contributed by atoms with E-state index in [0.29, 0.717) is 6.42 Å². The fourth-order valence-corrected chi connectivity index (χ4v) is 1.40. The highest BCUT2D eigenvalue weighted by atomic mass is 16.3. The van der Waals surface area contributed by atoms with Gasteiger partial charge in [0.05, 0.1) is 6.61 Å². The standard InChI is InChI=1S/C9H15NO2/c1-8(6-11)5-9(7-12)3-2-4-10-9/h2-4,8,11-12H,5-7H2,1H3. The van der Waals surface area contributed by atoms with Crippen molar-refractivity contribution in [1.29, 1.82) is 0 Å². The number of aliphatic hydroxyl groups excluding tert-OH is 2. The number of aliphatic hydroxyl groups is 2. The summed E-state index contributed by atoms with van der Waals surface area (Å²) in [6.07, 6.45) is 6.12. The van der Waals surface area contributed by atoms with Crippen LogP contribution >= 0.6 is 0 Å². The van der Waals surface area contributed by atoms with Gasteiger partial charge in [0.15, 0.2) is 0 Å². The molecule has 0 fully saturated rings. The Hall–Kier alpha value is -0.670. The van der Waals surface area contributed by atoms with Crippen molar-refractivity contribution in [3.63, 3.8) is 0 Å². The maximum absolute atomic E-state index is 9.11. The molecular formula is C9H15NO2. The molecule has 3 nitrogen and oxygen atoms in total. The van der Waals surface area contributed by atoms with Crippen LogP contribution < -0.4 is 0 Å². The molecule has 2 atom stereocenters. The van der Waals surface area contributed by atoms with Crippen LogP contribution in [0.1, 0.15) is 13.3 Å². The van der Waals surface area contributed by atoms with E-state index < -0.39 is 5.54 Å². The van der Waals surface area contributed by atoms with E-state index in [2.05, 4.69) is 4.99 Å². The van der Waals surface area contributed by atoms with Gasteiger partial charge in [0.25, 0.3) is 0 Å². The summed E-state index contributed by atoms with van der Waals surface area (Å²) < 4.78 is 0. The molecule has 2 N–H and O–H groups in total. The fourth-order valence-electron chi connectivity index (χ4n) is 1.40. The van der Waals surface area contributed by atoms with Gasteiger partial charge in [-0.3, -0.25) is 4.99 Å². The second kappa shape index (κ2) is 3.83. The molecule has 0 saturated carbocycles. The van der Waals surface area contributed by atoms with Gasteiger partial charge in [-0.2, -0.15) is 0 Å². The molecule has 68 valence electrons. The van der Waals surface area contributed by atoms with Gasteiger partial charge in [-0.15, -0.1) is 0 Å². The Labute approximate surface area is 72.4 Å². The fraction of sp³-hybridized carbons (Fsp3) is 0.667. The highest BCUT2D eigenvalue weighted by Gasteiger charge is 2.28. The highest BCUT2D eigenvalue weighted by Crippen LogP contribution is 2.24. The van der Waals surface area contributed by atoms with Crippen LogP contribution in [0.3, 0.4) is 0 Å². The third kappa shape index (κ3) is 1.93. The molecule has 2 unspecified atom stereocenters. The minimum Gasteiger partial charge on any atom is -0.396 e. The van der Waals surface area contributed by atoms with Gasteiger partial charge in [-0.25, -0.2) is 0 Å². The molecule has 0 spiro atoms. The minimum atomic E-state index is -0.456. The first-order valence-corrected chi connectivity index (χ1v) is 4.17. The van der Waals surface area contributed by atoms with E-state index >= 15 is 0 Å². The maximum Gasteiger partial charge on any atom is 0.102 e. The average Bonchev–Trinajstić information content (AvgIpc) is 2.54. The van der Waals surface area contributed by atoms with Crippen LogP contribution in [0.4, 0.5) is 0 Å². The number of nitrogens with zero attached hydrogens (tertiary/aromatic N) is 1. The molecule has 0 aromatic heterocycles. The monoisotopic (exact) mass is 169 g/mol. The molecule has 0 bridgehead atoms. The Morgan fingerprint density at radius 1 is 1.50 bits per heavy atom. The normalized spacial score (nSPS) is 29.6. The van der Waals surface area contributed by atoms with Gasteiger partial charge in [-0.05, 0) is 18.4 Å². The third-order valence-corrected chi connectivity index (χ3v) is 2.11. The van der Waals surface area contributed by atoms with E-state index in [9.17, 15) is 0 Å². The van der Waals surface area contributed by atoms with Crippen LogP contribution in [0.25, 0.3) is 0 Å². The molecule has 0 aliphatic carbocycles. The van der Waals surface area contributed by atoms with Crippen LogP contribution in [0.15, 0.2) is 17.1 Å². The van der Waals surface area contributed by atoms with E-state index in [-0.39, 0.29) is 19.1 Å². The Morgan fingerprint density at radius 2 is 2.25 bits per heavy atom. The van der Waals surface area contributed by atoms with Crippen molar-refractivity contribution in [3.05, 3.63) is 12.2 Å². The highest BCUT2D eigenvalue weighted by molar-refractivity contribution is 5.75. The lowest BCUT2D eigenvalue weighted by Crippen LogP contribution is -2.30. The summed E-state index contributed by atoms with van der Waals surface area (Å²) in [5, 5.41) is 18.0. The lowest BCUT2D eigenvalue weighted by atomic mass is 9.90. The zero-order valence-corrected chi connectivity index (χ0v) is 7.27. The first kappa shape index (κ1) is 9.42. The van der Waals surface area contributed by atoms with E-state index in [1.165, 1.54) is 0 Å². The Morgan fingerprint density at radius 3 is 2.67 bits per heavy atom. The molecule has 1 rings (SSSR count). The van der Waals surface area contributed by atoms with Crippen molar-refractivity contribution >= 4 is 6.21 Å². The van der Waals surface area contributed by atoms with Gasteiger partial charge >= 0.3 is 0 Å². The van der Waals surface area contributed by atoms with Gasteiger partial charge in [0, 0.05) is 12.8 Å². The molecule has 1 heterocycles. The number of hydrogen-bond donors (Lipinski definition) is 2. The zero-order chi connectivity index (χ0) is 9.03. The quantitative estimate of drug-likeness (QED) is 0.639. The summed E-state index contributed by atoms with van der Waals surface area (Å²) in [5.74, 6) is 0.178. The summed E-state index contributed by atoms with van der Waals surface area (Å²) in [6, 6.07) is 0. The Bertz CT molecular complexity index is 187. The van der Waals surface area contributed by atoms with E-state index in [0.717, 1.165) is 0 Å². The molecule has 12 heavy (non-hydrogen) atoms. The Kier molecular flexibility index (Phi) is 3.00. The van der Waals surface area contributed by atoms with E-state index in [4.69, 9.17) is 10.2 Å². The van der Waals surface area contributed by atoms with E-state index in [1.54, 1.807) is 6.21 Å². The molecule has 0 aromatic carbocycles. The van der Waals surface area contributed by atoms with Gasteiger partial charge < -0.3 is 10.2 Å². The van der Waals surface area contributed by atoms with E-state index in [1.807, 2.05) is 19.1 Å². The van der Waals surface area contributed by atoms with Crippen LogP contribution in [0, 0.1) is 5.92 Å². The van der Waals surface area contributed by atoms with Crippen LogP contribution in [0.5, 0.6) is 0 Å². The largest absolute Gasteiger partial charge is 0.396 e. The molecule has 1 aliphatic heterocycles. The van der Waals surface area contributed by atoms with Crippen molar-refractivity contribution in [2.75, 3.05) is 13.2 Å². The van der Waals surface area contributed by atoms with Crippen molar-refractivity contribution in [1.82, 2.24) is 0 Å². The minimum absolute atomic E-state index is 0.0182. The van der Waals surface area contributed by atoms with Crippen molar-refractivity contribution in [3.8, 4) is 0 Å². The predicted molar refractivity (Wildman–Crippen MR) is 48.3 cm³/mol. The molecule has 0 amide bonds. The van der Waals surface area contributed by atoms with Gasteiger partial charge in [0.2, 0.25) is 0 Å². The number of rotatable bonds is 4. The van der Waals surface area contributed by atoms with Crippen LogP contribution in [-0.4, -0.2) is 35.2 Å². The van der Waals surface area contributed by atoms with Gasteiger partial charge in [0.1, 0.15) is 5.54 Å². The first-order chi connectivity index (χ1) is 5.72. The first-order valence-electron chi connectivity index (χ1n) is 4.17. The number of hydrogen-bond acceptors (Lipinski definition) is 3. The van der Waals surface area contributed by atoms with Crippen molar-refractivity contribution in [2.24, 2.45) is 10.9 Å². The smallest absolute Gasteiger partial charge is 0.102 e. The maximum atomic E-state index is 9.11. The van der Waals surface area contributed by atoms with Crippen molar-refractivity contribution in [2.45, 2.75) is 18.9 Å². The summed E-state index contributed by atoms with van der Waals surface area (Å²) in [4.78, 5) is 4.18.